The minimum Gasteiger partial charge on any atom is -0.477 e. The highest BCUT2D eigenvalue weighted by Crippen LogP contribution is 2.63. The van der Waals surface area contributed by atoms with Crippen molar-refractivity contribution >= 4 is 22.1 Å². The van der Waals surface area contributed by atoms with Crippen LogP contribution in [0, 0.1) is 29.6 Å². The summed E-state index contributed by atoms with van der Waals surface area (Å²) in [5, 5.41) is 13.1. The van der Waals surface area contributed by atoms with Crippen LogP contribution in [-0.4, -0.2) is 48.3 Å². The summed E-state index contributed by atoms with van der Waals surface area (Å²) in [5.41, 5.74) is 3.91. The van der Waals surface area contributed by atoms with E-state index in [1.807, 2.05) is 51.1 Å². The Bertz CT molecular complexity index is 1770. The number of ether oxygens (including phenoxy) is 2. The molecular formula is C37H48N4O6S. The number of benzene rings is 2. The van der Waals surface area contributed by atoms with Crippen molar-refractivity contribution in [2.24, 2.45) is 22.7 Å². The van der Waals surface area contributed by atoms with E-state index in [0.717, 1.165) is 48.8 Å². The van der Waals surface area contributed by atoms with Gasteiger partial charge in [0.2, 0.25) is 11.8 Å². The molecule has 10 nitrogen and oxygen atoms in total. The minimum absolute atomic E-state index is 0.0164. The van der Waals surface area contributed by atoms with Crippen LogP contribution in [0.25, 0.3) is 11.3 Å². The molecule has 258 valence electrons. The van der Waals surface area contributed by atoms with Gasteiger partial charge in [-0.05, 0) is 104 Å². The van der Waals surface area contributed by atoms with Crippen molar-refractivity contribution < 1.29 is 27.8 Å². The summed E-state index contributed by atoms with van der Waals surface area (Å²) >= 11 is 0. The first-order valence-corrected chi connectivity index (χ1v) is 18.4. The summed E-state index contributed by atoms with van der Waals surface area (Å²) in [4.78, 5) is 21.5. The Morgan fingerprint density at radius 1 is 1.10 bits per heavy atom. The number of aromatic nitrogens is 2. The monoisotopic (exact) mass is 676 g/mol. The van der Waals surface area contributed by atoms with Crippen LogP contribution in [0.1, 0.15) is 89.3 Å². The summed E-state index contributed by atoms with van der Waals surface area (Å²) < 4.78 is 42.1. The van der Waals surface area contributed by atoms with Crippen LogP contribution in [0.15, 0.2) is 53.4 Å². The van der Waals surface area contributed by atoms with Gasteiger partial charge in [0.1, 0.15) is 0 Å². The molecule has 2 aromatic carbocycles. The van der Waals surface area contributed by atoms with E-state index in [4.69, 9.17) is 9.47 Å². The van der Waals surface area contributed by atoms with Gasteiger partial charge in [-0.25, -0.2) is 22.9 Å². The molecule has 2 heterocycles. The van der Waals surface area contributed by atoms with Crippen LogP contribution in [0.3, 0.4) is 0 Å². The first kappa shape index (κ1) is 34.2. The van der Waals surface area contributed by atoms with Crippen LogP contribution in [0.5, 0.6) is 5.88 Å². The van der Waals surface area contributed by atoms with Crippen LogP contribution in [-0.2, 0) is 21.4 Å². The molecule has 1 spiro atoms. The zero-order valence-electron chi connectivity index (χ0n) is 28.7. The molecule has 1 aliphatic heterocycles. The standard InChI is InChI=1S/C37H48N4O6S/c1-22(2)47-35(43)38-28-18-37(19-28)16-26(17-37)33-24-10-8-12-29(13-24)48(44,45)41-34-39-30(32-23(3)9-7-11-25(32)20-42)14-31(40-34)46-21-27(33)15-36(4,5)6/h7-14,22,26-28,33,42H,15-21H2,1-6H3,(H,38,43)(H,39,40,41)/t26?,27-,28?,33?,37?/m1/s1. The molecule has 2 fully saturated rings. The van der Waals surface area contributed by atoms with Gasteiger partial charge in [-0.3, -0.25) is 0 Å². The number of amides is 1. The third-order valence-corrected chi connectivity index (χ3v) is 11.3. The number of sulfonamides is 1. The lowest BCUT2D eigenvalue weighted by Gasteiger charge is -2.60. The average Bonchev–Trinajstić information content (AvgIpc) is 2.95. The van der Waals surface area contributed by atoms with E-state index in [1.165, 1.54) is 0 Å². The Morgan fingerprint density at radius 2 is 1.83 bits per heavy atom. The van der Waals surface area contributed by atoms with Crippen LogP contribution in [0.2, 0.25) is 0 Å². The number of nitrogens with one attached hydrogen (secondary N) is 2. The van der Waals surface area contributed by atoms with E-state index in [-0.39, 0.29) is 64.2 Å². The van der Waals surface area contributed by atoms with Gasteiger partial charge in [0.25, 0.3) is 10.0 Å². The highest BCUT2D eigenvalue weighted by Gasteiger charge is 2.56. The van der Waals surface area contributed by atoms with Crippen LogP contribution >= 0.6 is 0 Å². The molecule has 1 aromatic heterocycles. The van der Waals surface area contributed by atoms with E-state index in [2.05, 4.69) is 40.8 Å². The van der Waals surface area contributed by atoms with Crippen molar-refractivity contribution in [1.29, 1.82) is 0 Å². The lowest BCUT2D eigenvalue weighted by atomic mass is 9.46. The quantitative estimate of drug-likeness (QED) is 0.255. The second-order valence-corrected chi connectivity index (χ2v) is 17.3. The number of fused-ring (bicyclic) bond motifs is 4. The molecule has 1 unspecified atom stereocenters. The lowest BCUT2D eigenvalue weighted by molar-refractivity contribution is -0.0696. The molecule has 2 saturated carbocycles. The smallest absolute Gasteiger partial charge is 0.407 e. The SMILES string of the molecule is Cc1cccc(CO)c1-c1cc2nc(n1)NS(=O)(=O)c1cccc(c1)C(C1CC3(CC(NC(=O)OC(C)C)C3)C1)[C@H](CC(C)(C)C)CO2. The fourth-order valence-electron chi connectivity index (χ4n) is 8.31. The second kappa shape index (κ2) is 13.0. The predicted molar refractivity (Wildman–Crippen MR) is 184 cm³/mol. The topological polar surface area (TPSA) is 140 Å². The molecule has 3 aromatic rings. The summed E-state index contributed by atoms with van der Waals surface area (Å²) in [6.07, 6.45) is 4.19. The Labute approximate surface area is 284 Å². The Hall–Kier alpha value is -3.70. The number of carbonyl (C=O) groups excluding carboxylic acids is 1. The normalized spacial score (nSPS) is 26.2. The third-order valence-electron chi connectivity index (χ3n) is 10.0. The number of rotatable bonds is 6. The fraction of sp³-hybridized carbons (Fsp3) is 0.541. The van der Waals surface area contributed by atoms with Gasteiger partial charge in [-0.2, -0.15) is 4.98 Å². The molecule has 11 heteroatoms. The van der Waals surface area contributed by atoms with Gasteiger partial charge in [-0.15, -0.1) is 0 Å². The summed E-state index contributed by atoms with van der Waals surface area (Å²) in [7, 11) is -4.04. The molecule has 0 saturated heterocycles. The van der Waals surface area contributed by atoms with Crippen LogP contribution in [0.4, 0.5) is 10.7 Å². The predicted octanol–water partition coefficient (Wildman–Crippen LogP) is 6.97. The minimum atomic E-state index is -4.04. The van der Waals surface area contributed by atoms with Crippen LogP contribution < -0.4 is 14.8 Å². The Kier molecular flexibility index (Phi) is 9.23. The Morgan fingerprint density at radius 3 is 2.52 bits per heavy atom. The van der Waals surface area contributed by atoms with Gasteiger partial charge in [0.15, 0.2) is 0 Å². The van der Waals surface area contributed by atoms with Gasteiger partial charge < -0.3 is 19.9 Å². The maximum absolute atomic E-state index is 13.8. The van der Waals surface area contributed by atoms with E-state index in [9.17, 15) is 18.3 Å². The van der Waals surface area contributed by atoms with Crippen molar-refractivity contribution in [1.82, 2.24) is 15.3 Å². The van der Waals surface area contributed by atoms with Crippen molar-refractivity contribution in [2.75, 3.05) is 11.3 Å². The van der Waals surface area contributed by atoms with Crippen molar-refractivity contribution in [3.8, 4) is 17.1 Å². The van der Waals surface area contributed by atoms with E-state index >= 15 is 0 Å². The van der Waals surface area contributed by atoms with Crippen molar-refractivity contribution in [3.05, 3.63) is 65.2 Å². The number of nitrogens with zero attached hydrogens (tertiary/aromatic N) is 2. The number of anilines is 1. The number of aryl methyl sites for hydroxylation is 1. The number of hydrogen-bond acceptors (Lipinski definition) is 8. The lowest BCUT2D eigenvalue weighted by Crippen LogP contribution is -2.57. The summed E-state index contributed by atoms with van der Waals surface area (Å²) in [5.74, 6) is 0.643. The summed E-state index contributed by atoms with van der Waals surface area (Å²) in [6.45, 7) is 12.5. The molecule has 48 heavy (non-hydrogen) atoms. The molecule has 3 aliphatic rings. The number of alkyl carbamates (subject to hydrolysis) is 1. The molecule has 2 aliphatic carbocycles. The molecule has 1 amide bonds. The first-order chi connectivity index (χ1) is 22.6. The third kappa shape index (κ3) is 7.32. The van der Waals surface area contributed by atoms with Gasteiger partial charge in [0.05, 0.1) is 29.9 Å². The number of hydrogen-bond donors (Lipinski definition) is 3. The molecule has 0 radical (unpaired) electrons. The average molecular weight is 677 g/mol. The Balaban J connectivity index is 1.34. The van der Waals surface area contributed by atoms with E-state index in [0.29, 0.717) is 23.8 Å². The van der Waals surface area contributed by atoms with Gasteiger partial charge >= 0.3 is 6.09 Å². The fourth-order valence-corrected chi connectivity index (χ4v) is 9.31. The van der Waals surface area contributed by atoms with Gasteiger partial charge in [0, 0.05) is 23.6 Å². The largest absolute Gasteiger partial charge is 0.477 e. The molecule has 2 atom stereocenters. The van der Waals surface area contributed by atoms with Crippen molar-refractivity contribution in [2.45, 2.75) is 103 Å². The second-order valence-electron chi connectivity index (χ2n) is 15.6. The number of carbonyl (C=O) groups is 1. The molecular weight excluding hydrogens is 628 g/mol. The highest BCUT2D eigenvalue weighted by molar-refractivity contribution is 7.92. The zero-order chi connectivity index (χ0) is 34.4. The van der Waals surface area contributed by atoms with E-state index < -0.39 is 10.0 Å². The number of aliphatic hydroxyl groups is 1. The molecule has 4 bridgehead atoms. The zero-order valence-corrected chi connectivity index (χ0v) is 29.6. The van der Waals surface area contributed by atoms with Gasteiger partial charge in [-0.1, -0.05) is 51.1 Å². The highest BCUT2D eigenvalue weighted by atomic mass is 32.2. The van der Waals surface area contributed by atoms with Crippen molar-refractivity contribution in [3.63, 3.8) is 0 Å². The number of aliphatic hydroxyl groups excluding tert-OH is 1. The van der Waals surface area contributed by atoms with E-state index in [1.54, 1.807) is 18.2 Å². The molecule has 6 rings (SSSR count). The summed E-state index contributed by atoms with van der Waals surface area (Å²) in [6, 6.07) is 14.8. The maximum Gasteiger partial charge on any atom is 0.407 e. The molecule has 3 N–H and O–H groups in total. The first-order valence-electron chi connectivity index (χ1n) is 17.0. The maximum atomic E-state index is 13.8.